The summed E-state index contributed by atoms with van der Waals surface area (Å²) in [6, 6.07) is 14.9. The van der Waals surface area contributed by atoms with Gasteiger partial charge in [-0.3, -0.25) is 19.8 Å². The zero-order chi connectivity index (χ0) is 23.3. The van der Waals surface area contributed by atoms with E-state index in [0.717, 1.165) is 24.4 Å². The summed E-state index contributed by atoms with van der Waals surface area (Å²) in [5.41, 5.74) is 1.98. The number of carbonyl (C=O) groups excluding carboxylic acids is 1. The van der Waals surface area contributed by atoms with Crippen LogP contribution >= 0.6 is 0 Å². The van der Waals surface area contributed by atoms with Gasteiger partial charge in [0.25, 0.3) is 5.69 Å². The van der Waals surface area contributed by atoms with Gasteiger partial charge in [-0.15, -0.1) is 0 Å². The Labute approximate surface area is 190 Å². The Morgan fingerprint density at radius 1 is 1.19 bits per heavy atom. The largest absolute Gasteiger partial charge is 0.496 e. The molecule has 2 atom stereocenters. The van der Waals surface area contributed by atoms with E-state index < -0.39 is 0 Å². The van der Waals surface area contributed by atoms with Crippen molar-refractivity contribution in [3.8, 4) is 5.75 Å². The van der Waals surface area contributed by atoms with Crippen LogP contribution in [-0.2, 0) is 11.3 Å². The predicted octanol–water partition coefficient (Wildman–Crippen LogP) is 4.32. The van der Waals surface area contributed by atoms with Gasteiger partial charge in [0.2, 0.25) is 5.91 Å². The lowest BCUT2D eigenvalue weighted by atomic mass is 9.87. The van der Waals surface area contributed by atoms with E-state index in [0.29, 0.717) is 31.1 Å². The molecule has 0 saturated carbocycles. The molecule has 1 saturated heterocycles. The van der Waals surface area contributed by atoms with Crippen LogP contribution in [0.1, 0.15) is 37.8 Å². The molecule has 0 bridgehead atoms. The molecule has 1 aliphatic rings. The zero-order valence-electron chi connectivity index (χ0n) is 19.4. The Morgan fingerprint density at radius 2 is 1.88 bits per heavy atom. The smallest absolute Gasteiger partial charge is 0.273 e. The number of nitrogens with zero attached hydrogens (tertiary/aromatic N) is 3. The third-order valence-corrected chi connectivity index (χ3v) is 6.12. The van der Waals surface area contributed by atoms with Gasteiger partial charge in [0.15, 0.2) is 0 Å². The van der Waals surface area contributed by atoms with Gasteiger partial charge in [-0.1, -0.05) is 50.2 Å². The SMILES string of the molecule is COc1ccccc1C1CN(Cc2ccccc2[N+](=O)[O-])CC1CN(CC(C)C)C(C)=O. The molecule has 172 valence electrons. The number of nitro groups is 1. The van der Waals surface area contributed by atoms with Crippen LogP contribution in [0.3, 0.4) is 0 Å². The van der Waals surface area contributed by atoms with Crippen LogP contribution in [0.5, 0.6) is 5.75 Å². The number of carbonyl (C=O) groups is 1. The fourth-order valence-electron chi connectivity index (χ4n) is 4.72. The third-order valence-electron chi connectivity index (χ3n) is 6.12. The van der Waals surface area contributed by atoms with E-state index in [1.807, 2.05) is 35.2 Å². The number of hydrogen-bond donors (Lipinski definition) is 0. The van der Waals surface area contributed by atoms with Crippen molar-refractivity contribution in [3.63, 3.8) is 0 Å². The molecule has 0 aliphatic carbocycles. The summed E-state index contributed by atoms with van der Waals surface area (Å²) in [6.45, 7) is 9.25. The minimum atomic E-state index is -0.319. The number of hydrogen-bond acceptors (Lipinski definition) is 5. The van der Waals surface area contributed by atoms with Crippen LogP contribution in [0.4, 0.5) is 5.69 Å². The molecule has 0 spiro atoms. The topological polar surface area (TPSA) is 75.9 Å². The van der Waals surface area contributed by atoms with E-state index in [-0.39, 0.29) is 28.4 Å². The highest BCUT2D eigenvalue weighted by Gasteiger charge is 2.37. The number of methoxy groups -OCH3 is 1. The van der Waals surface area contributed by atoms with Gasteiger partial charge in [-0.2, -0.15) is 0 Å². The standard InChI is InChI=1S/C25H33N3O4/c1-18(2)13-27(19(3)29)16-21-15-26(14-20-9-5-7-11-24(20)28(30)31)17-23(21)22-10-6-8-12-25(22)32-4/h5-12,18,21,23H,13-17H2,1-4H3. The summed E-state index contributed by atoms with van der Waals surface area (Å²) in [6.07, 6.45) is 0. The fourth-order valence-corrected chi connectivity index (χ4v) is 4.72. The first-order valence-electron chi connectivity index (χ1n) is 11.1. The lowest BCUT2D eigenvalue weighted by Crippen LogP contribution is -2.38. The van der Waals surface area contributed by atoms with E-state index in [2.05, 4.69) is 24.8 Å². The van der Waals surface area contributed by atoms with Crippen LogP contribution in [0.2, 0.25) is 0 Å². The number of likely N-dealkylation sites (tertiary alicyclic amines) is 1. The maximum absolute atomic E-state index is 12.3. The summed E-state index contributed by atoms with van der Waals surface area (Å²) < 4.78 is 5.64. The minimum Gasteiger partial charge on any atom is -0.496 e. The molecule has 0 N–H and O–H groups in total. The molecule has 2 aromatic rings. The Balaban J connectivity index is 1.89. The van der Waals surface area contributed by atoms with Gasteiger partial charge >= 0.3 is 0 Å². The van der Waals surface area contributed by atoms with E-state index in [4.69, 9.17) is 4.74 Å². The van der Waals surface area contributed by atoms with Crippen molar-refractivity contribution in [3.05, 3.63) is 69.8 Å². The average molecular weight is 440 g/mol. The summed E-state index contributed by atoms with van der Waals surface area (Å²) in [5, 5.41) is 11.5. The second-order valence-corrected chi connectivity index (χ2v) is 9.01. The molecule has 7 nitrogen and oxygen atoms in total. The molecule has 1 aliphatic heterocycles. The quantitative estimate of drug-likeness (QED) is 0.430. The Bertz CT molecular complexity index is 946. The maximum Gasteiger partial charge on any atom is 0.273 e. The molecule has 3 rings (SSSR count). The zero-order valence-corrected chi connectivity index (χ0v) is 19.4. The van der Waals surface area contributed by atoms with Crippen molar-refractivity contribution in [1.29, 1.82) is 0 Å². The second-order valence-electron chi connectivity index (χ2n) is 9.01. The summed E-state index contributed by atoms with van der Waals surface area (Å²) in [5.74, 6) is 1.68. The van der Waals surface area contributed by atoms with Gasteiger partial charge < -0.3 is 9.64 Å². The molecule has 7 heteroatoms. The molecule has 2 aromatic carbocycles. The monoisotopic (exact) mass is 439 g/mol. The molecule has 2 unspecified atom stereocenters. The van der Waals surface area contributed by atoms with Crippen LogP contribution in [-0.4, -0.2) is 53.9 Å². The van der Waals surface area contributed by atoms with E-state index in [1.54, 1.807) is 26.2 Å². The molecule has 0 aromatic heterocycles. The summed E-state index contributed by atoms with van der Waals surface area (Å²) in [4.78, 5) is 27.7. The Morgan fingerprint density at radius 3 is 2.53 bits per heavy atom. The molecule has 1 fully saturated rings. The van der Waals surface area contributed by atoms with Gasteiger partial charge in [-0.05, 0) is 23.5 Å². The summed E-state index contributed by atoms with van der Waals surface area (Å²) >= 11 is 0. The average Bonchev–Trinajstić information content (AvgIpc) is 3.15. The minimum absolute atomic E-state index is 0.0784. The molecule has 0 radical (unpaired) electrons. The molecular weight excluding hydrogens is 406 g/mol. The molecule has 1 heterocycles. The first-order chi connectivity index (χ1) is 15.3. The van der Waals surface area contributed by atoms with E-state index >= 15 is 0 Å². The van der Waals surface area contributed by atoms with Crippen molar-refractivity contribution < 1.29 is 14.5 Å². The lowest BCUT2D eigenvalue weighted by Gasteiger charge is -2.29. The highest BCUT2D eigenvalue weighted by atomic mass is 16.6. The molecule has 32 heavy (non-hydrogen) atoms. The van der Waals surface area contributed by atoms with Gasteiger partial charge in [-0.25, -0.2) is 0 Å². The summed E-state index contributed by atoms with van der Waals surface area (Å²) in [7, 11) is 1.68. The number of benzene rings is 2. The van der Waals surface area contributed by atoms with Crippen LogP contribution in [0.25, 0.3) is 0 Å². The predicted molar refractivity (Wildman–Crippen MR) is 125 cm³/mol. The number of ether oxygens (including phenoxy) is 1. The van der Waals surface area contributed by atoms with Crippen LogP contribution in [0.15, 0.2) is 48.5 Å². The highest BCUT2D eigenvalue weighted by Crippen LogP contribution is 2.39. The van der Waals surface area contributed by atoms with Crippen LogP contribution in [0, 0.1) is 22.0 Å². The third kappa shape index (κ3) is 5.65. The second kappa shape index (κ2) is 10.6. The first-order valence-corrected chi connectivity index (χ1v) is 11.1. The number of para-hydroxylation sites is 2. The number of amides is 1. The van der Waals surface area contributed by atoms with Crippen molar-refractivity contribution in [1.82, 2.24) is 9.80 Å². The van der Waals surface area contributed by atoms with Gasteiger partial charge in [0, 0.05) is 57.2 Å². The Kier molecular flexibility index (Phi) is 7.85. The van der Waals surface area contributed by atoms with Gasteiger partial charge in [0.05, 0.1) is 12.0 Å². The van der Waals surface area contributed by atoms with Crippen molar-refractivity contribution in [2.45, 2.75) is 33.2 Å². The Hall–Kier alpha value is -2.93. The number of rotatable bonds is 9. The maximum atomic E-state index is 12.3. The normalized spacial score (nSPS) is 18.7. The van der Waals surface area contributed by atoms with E-state index in [1.165, 1.54) is 0 Å². The first kappa shape index (κ1) is 23.7. The lowest BCUT2D eigenvalue weighted by molar-refractivity contribution is -0.385. The molecule has 1 amide bonds. The highest BCUT2D eigenvalue weighted by molar-refractivity contribution is 5.73. The fraction of sp³-hybridized carbons (Fsp3) is 0.480. The van der Waals surface area contributed by atoms with Crippen molar-refractivity contribution in [2.24, 2.45) is 11.8 Å². The number of nitro benzene ring substituents is 1. The van der Waals surface area contributed by atoms with Crippen LogP contribution < -0.4 is 4.74 Å². The van der Waals surface area contributed by atoms with E-state index in [9.17, 15) is 14.9 Å². The molecular formula is C25H33N3O4. The van der Waals surface area contributed by atoms with Crippen molar-refractivity contribution >= 4 is 11.6 Å². The van der Waals surface area contributed by atoms with Crippen molar-refractivity contribution in [2.75, 3.05) is 33.3 Å². The van der Waals surface area contributed by atoms with Gasteiger partial charge in [0.1, 0.15) is 5.75 Å².